The Kier molecular flexibility index (Phi) is 5.48. The zero-order valence-electron chi connectivity index (χ0n) is 13.3. The summed E-state index contributed by atoms with van der Waals surface area (Å²) in [6, 6.07) is 10.3. The summed E-state index contributed by atoms with van der Waals surface area (Å²) in [5, 5.41) is 0. The smallest absolute Gasteiger partial charge is 0.266 e. The summed E-state index contributed by atoms with van der Waals surface area (Å²) < 4.78 is 15.8. The van der Waals surface area contributed by atoms with E-state index >= 15 is 0 Å². The monoisotopic (exact) mass is 342 g/mol. The Balaban J connectivity index is 2.27. The van der Waals surface area contributed by atoms with Gasteiger partial charge in [-0.1, -0.05) is 43.8 Å². The first-order valence-corrected chi connectivity index (χ1v) is 11.8. The van der Waals surface area contributed by atoms with Gasteiger partial charge in [0.05, 0.1) is 16.2 Å². The normalized spacial score (nSPS) is 12.3. The van der Waals surface area contributed by atoms with Gasteiger partial charge in [0, 0.05) is 22.9 Å². The van der Waals surface area contributed by atoms with Crippen molar-refractivity contribution in [2.45, 2.75) is 24.5 Å². The van der Waals surface area contributed by atoms with Gasteiger partial charge in [-0.25, -0.2) is 4.21 Å². The molecule has 0 aliphatic rings. The largest absolute Gasteiger partial charge is 0.286 e. The van der Waals surface area contributed by atoms with Gasteiger partial charge in [0.2, 0.25) is 0 Å². The quantitative estimate of drug-likeness (QED) is 0.518. The van der Waals surface area contributed by atoms with E-state index in [9.17, 15) is 9.00 Å². The predicted molar refractivity (Wildman–Crippen MR) is 95.5 cm³/mol. The molecular weight excluding hydrogens is 324 g/mol. The summed E-state index contributed by atoms with van der Waals surface area (Å²) in [5.41, 5.74) is 4.19. The maximum Gasteiger partial charge on any atom is 0.286 e. The van der Waals surface area contributed by atoms with Crippen molar-refractivity contribution in [2.24, 2.45) is 4.36 Å². The summed E-state index contributed by atoms with van der Waals surface area (Å²) in [7, 11) is -3.61. The minimum absolute atomic E-state index is 0.298. The number of hydrogen-bond donors (Lipinski definition) is 1. The second-order valence-corrected chi connectivity index (χ2v) is 12.0. The molecule has 2 rings (SSSR count). The van der Waals surface area contributed by atoms with E-state index in [2.05, 4.69) is 40.5 Å². The van der Waals surface area contributed by atoms with Crippen molar-refractivity contribution in [3.05, 3.63) is 59.9 Å². The SMILES string of the molecule is C[Si](C)(C)C#Cc1cncc(C(=O)N=[SH](=O)c2ccccc2)c1. The van der Waals surface area contributed by atoms with E-state index < -0.39 is 24.6 Å². The zero-order valence-corrected chi connectivity index (χ0v) is 15.2. The zero-order chi connectivity index (χ0) is 16.9. The highest BCUT2D eigenvalue weighted by Gasteiger charge is 2.09. The summed E-state index contributed by atoms with van der Waals surface area (Å²) in [6.07, 6.45) is 3.03. The molecule has 0 fully saturated rings. The van der Waals surface area contributed by atoms with Gasteiger partial charge in [0.25, 0.3) is 5.91 Å². The number of aromatic nitrogens is 1. The molecule has 0 spiro atoms. The molecule has 0 aliphatic heterocycles. The van der Waals surface area contributed by atoms with E-state index in [1.54, 1.807) is 36.5 Å². The molecule has 0 N–H and O–H groups in total. The van der Waals surface area contributed by atoms with Crippen LogP contribution in [0.2, 0.25) is 19.6 Å². The van der Waals surface area contributed by atoms with Gasteiger partial charge in [-0.2, -0.15) is 4.36 Å². The number of carbonyl (C=O) groups excluding carboxylic acids is 1. The fourth-order valence-corrected chi connectivity index (χ4v) is 2.98. The standard InChI is InChI=1S/C17H18N2O2SSi/c1-23(2,3)10-9-14-11-15(13-18-12-14)17(20)19-22(21)16-7-5-4-6-8-16/h4-8,11-13,22H,1-3H3. The van der Waals surface area contributed by atoms with Gasteiger partial charge >= 0.3 is 0 Å². The number of carbonyl (C=O) groups is 1. The first-order chi connectivity index (χ1) is 10.8. The van der Waals surface area contributed by atoms with E-state index in [-0.39, 0.29) is 0 Å². The molecule has 1 amide bonds. The molecule has 0 radical (unpaired) electrons. The van der Waals surface area contributed by atoms with Crippen molar-refractivity contribution < 1.29 is 9.00 Å². The number of pyridine rings is 1. The Morgan fingerprint density at radius 1 is 1.17 bits per heavy atom. The Morgan fingerprint density at radius 3 is 2.52 bits per heavy atom. The lowest BCUT2D eigenvalue weighted by Crippen LogP contribution is -2.16. The molecule has 0 saturated carbocycles. The number of rotatable bonds is 2. The molecule has 2 aromatic rings. The lowest BCUT2D eigenvalue weighted by molar-refractivity contribution is 0.100. The topological polar surface area (TPSA) is 59.4 Å². The highest BCUT2D eigenvalue weighted by molar-refractivity contribution is 7.75. The number of hydrogen-bond acceptors (Lipinski definition) is 3. The lowest BCUT2D eigenvalue weighted by Gasteiger charge is -2.03. The fourth-order valence-electron chi connectivity index (χ4n) is 1.64. The highest BCUT2D eigenvalue weighted by atomic mass is 32.2. The Morgan fingerprint density at radius 2 is 1.87 bits per heavy atom. The van der Waals surface area contributed by atoms with Crippen LogP contribution in [0.15, 0.2) is 58.1 Å². The molecule has 1 heterocycles. The van der Waals surface area contributed by atoms with Crippen molar-refractivity contribution in [3.63, 3.8) is 0 Å². The molecule has 0 saturated heterocycles. The van der Waals surface area contributed by atoms with Gasteiger partial charge in [0.1, 0.15) is 8.07 Å². The maximum absolute atomic E-state index is 12.2. The van der Waals surface area contributed by atoms with E-state index in [1.165, 1.54) is 6.20 Å². The lowest BCUT2D eigenvalue weighted by atomic mass is 10.2. The van der Waals surface area contributed by atoms with Crippen LogP contribution >= 0.6 is 0 Å². The molecular formula is C17H18N2O2SSi. The third-order valence-electron chi connectivity index (χ3n) is 2.73. The van der Waals surface area contributed by atoms with Crippen LogP contribution in [0.5, 0.6) is 0 Å². The van der Waals surface area contributed by atoms with E-state index in [0.29, 0.717) is 16.0 Å². The Bertz CT molecular complexity index is 855. The van der Waals surface area contributed by atoms with E-state index in [1.807, 2.05) is 6.07 Å². The van der Waals surface area contributed by atoms with Crippen LogP contribution in [0.3, 0.4) is 0 Å². The van der Waals surface area contributed by atoms with E-state index in [4.69, 9.17) is 0 Å². The summed E-state index contributed by atoms with van der Waals surface area (Å²) in [4.78, 5) is 16.7. The van der Waals surface area contributed by atoms with Crippen molar-refractivity contribution in [3.8, 4) is 11.5 Å². The third-order valence-corrected chi connectivity index (χ3v) is 4.70. The molecule has 118 valence electrons. The predicted octanol–water partition coefficient (Wildman–Crippen LogP) is 3.17. The second-order valence-electron chi connectivity index (χ2n) is 5.98. The average molecular weight is 342 g/mol. The summed E-state index contributed by atoms with van der Waals surface area (Å²) in [5.74, 6) is 2.50. The first-order valence-electron chi connectivity index (χ1n) is 7.12. The number of benzene rings is 1. The van der Waals surface area contributed by atoms with Crippen LogP contribution in [0.4, 0.5) is 0 Å². The van der Waals surface area contributed by atoms with Crippen molar-refractivity contribution in [1.29, 1.82) is 0 Å². The molecule has 1 unspecified atom stereocenters. The first kappa shape index (κ1) is 17.1. The number of thiol groups is 1. The van der Waals surface area contributed by atoms with Crippen LogP contribution in [0.1, 0.15) is 15.9 Å². The summed E-state index contributed by atoms with van der Waals surface area (Å²) >= 11 is 0. The van der Waals surface area contributed by atoms with Crippen LogP contribution in [-0.2, 0) is 10.6 Å². The van der Waals surface area contributed by atoms with Gasteiger partial charge in [0.15, 0.2) is 0 Å². The van der Waals surface area contributed by atoms with Gasteiger partial charge < -0.3 is 0 Å². The summed E-state index contributed by atoms with van der Waals surface area (Å²) in [6.45, 7) is 6.42. The van der Waals surface area contributed by atoms with Crippen LogP contribution in [-0.4, -0.2) is 23.2 Å². The van der Waals surface area contributed by atoms with Crippen molar-refractivity contribution >= 4 is 24.6 Å². The molecule has 1 aromatic carbocycles. The third kappa shape index (κ3) is 5.47. The van der Waals surface area contributed by atoms with Crippen LogP contribution in [0, 0.1) is 11.5 Å². The molecule has 4 nitrogen and oxygen atoms in total. The Hall–Kier alpha value is -2.23. The van der Waals surface area contributed by atoms with Crippen LogP contribution < -0.4 is 0 Å². The number of nitrogens with zero attached hydrogens (tertiary/aromatic N) is 2. The molecule has 1 aromatic heterocycles. The van der Waals surface area contributed by atoms with E-state index in [0.717, 1.165) is 0 Å². The van der Waals surface area contributed by atoms with Crippen molar-refractivity contribution in [1.82, 2.24) is 4.98 Å². The molecule has 23 heavy (non-hydrogen) atoms. The molecule has 0 aliphatic carbocycles. The maximum atomic E-state index is 12.2. The Labute approximate surface area is 139 Å². The highest BCUT2D eigenvalue weighted by Crippen LogP contribution is 2.07. The number of amides is 1. The molecule has 1 atom stereocenters. The minimum atomic E-state index is -2.11. The van der Waals surface area contributed by atoms with Gasteiger partial charge in [-0.15, -0.1) is 5.54 Å². The van der Waals surface area contributed by atoms with Gasteiger partial charge in [-0.3, -0.25) is 9.78 Å². The fraction of sp³-hybridized carbons (Fsp3) is 0.176. The molecule has 0 bridgehead atoms. The second kappa shape index (κ2) is 7.35. The molecule has 6 heteroatoms. The van der Waals surface area contributed by atoms with Crippen LogP contribution in [0.25, 0.3) is 0 Å². The van der Waals surface area contributed by atoms with Crippen molar-refractivity contribution in [2.75, 3.05) is 0 Å². The minimum Gasteiger partial charge on any atom is -0.266 e. The van der Waals surface area contributed by atoms with Gasteiger partial charge in [-0.05, 0) is 18.2 Å². The average Bonchev–Trinajstić information content (AvgIpc) is 2.53.